The Morgan fingerprint density at radius 3 is 0.763 bits per heavy atom. The number of phosphoric ester groups is 2. The van der Waals surface area contributed by atoms with E-state index in [0.29, 0.717) is 31.6 Å². The van der Waals surface area contributed by atoms with E-state index in [4.69, 9.17) is 37.0 Å². The lowest BCUT2D eigenvalue weighted by atomic mass is 9.99. The van der Waals surface area contributed by atoms with Crippen LogP contribution in [-0.2, 0) is 65.4 Å². The number of esters is 4. The molecule has 0 aliphatic rings. The third-order valence-corrected chi connectivity index (χ3v) is 19.7. The van der Waals surface area contributed by atoms with E-state index in [1.807, 2.05) is 0 Å². The fourth-order valence-corrected chi connectivity index (χ4v) is 12.7. The van der Waals surface area contributed by atoms with Gasteiger partial charge in [0.1, 0.15) is 19.3 Å². The molecule has 93 heavy (non-hydrogen) atoms. The molecule has 0 radical (unpaired) electrons. The van der Waals surface area contributed by atoms with Gasteiger partial charge in [-0.05, 0) is 49.4 Å². The van der Waals surface area contributed by atoms with Crippen LogP contribution in [0.25, 0.3) is 0 Å². The van der Waals surface area contributed by atoms with Crippen molar-refractivity contribution in [3.8, 4) is 0 Å². The summed E-state index contributed by atoms with van der Waals surface area (Å²) in [6.45, 7) is 14.1. The van der Waals surface area contributed by atoms with Crippen molar-refractivity contribution >= 4 is 39.5 Å². The van der Waals surface area contributed by atoms with Crippen LogP contribution < -0.4 is 0 Å². The number of hydrogen-bond acceptors (Lipinski definition) is 15. The Balaban J connectivity index is 5.21. The van der Waals surface area contributed by atoms with Crippen molar-refractivity contribution in [3.05, 3.63) is 0 Å². The lowest BCUT2D eigenvalue weighted by molar-refractivity contribution is -0.161. The Bertz CT molecular complexity index is 1840. The molecule has 0 saturated heterocycles. The van der Waals surface area contributed by atoms with Gasteiger partial charge >= 0.3 is 39.5 Å². The Hall–Kier alpha value is -1.94. The van der Waals surface area contributed by atoms with Crippen molar-refractivity contribution in [3.63, 3.8) is 0 Å². The molecule has 0 aromatic rings. The molecule has 0 spiro atoms. The predicted octanol–water partition coefficient (Wildman–Crippen LogP) is 21.3. The van der Waals surface area contributed by atoms with E-state index in [2.05, 4.69) is 55.4 Å². The minimum Gasteiger partial charge on any atom is -0.462 e. The Kier molecular flexibility index (Phi) is 62.2. The zero-order chi connectivity index (χ0) is 68.9. The zero-order valence-corrected chi connectivity index (χ0v) is 62.7. The summed E-state index contributed by atoms with van der Waals surface area (Å²) in [6, 6.07) is 0. The van der Waals surface area contributed by atoms with Crippen molar-refractivity contribution in [2.24, 2.45) is 23.7 Å². The average Bonchev–Trinajstić information content (AvgIpc) is 1.70. The second-order valence-corrected chi connectivity index (χ2v) is 31.0. The standard InChI is InChI=1S/C74H144O17P2/c1-9-66(7)52-44-36-27-23-19-15-11-12-16-20-24-28-40-48-56-74(79)91-70(61-85-72(77)55-47-39-33-31-37-45-53-67(8)10-2)63-89-93(82,83)87-59-68(75)58-86-92(80,81)88-62-69(60-84-71(76)54-46-38-32-30-35-43-51-65(5)6)90-73(78)57-49-41-29-25-21-17-13-14-18-22-26-34-42-50-64(3)4/h64-70,75H,9-63H2,1-8H3,(H,80,81)(H,82,83)/t66?,67?,68-,69-,70-/m1/s1. The van der Waals surface area contributed by atoms with E-state index in [1.165, 1.54) is 161 Å². The molecule has 0 rings (SSSR count). The van der Waals surface area contributed by atoms with Crippen LogP contribution in [0.2, 0.25) is 0 Å². The third-order valence-electron chi connectivity index (χ3n) is 17.8. The minimum absolute atomic E-state index is 0.106. The van der Waals surface area contributed by atoms with Crippen molar-refractivity contribution in [1.82, 2.24) is 0 Å². The molecule has 17 nitrogen and oxygen atoms in total. The van der Waals surface area contributed by atoms with Crippen LogP contribution in [0.15, 0.2) is 0 Å². The first kappa shape index (κ1) is 91.1. The van der Waals surface area contributed by atoms with Gasteiger partial charge in [-0.3, -0.25) is 37.3 Å². The molecule has 0 heterocycles. The van der Waals surface area contributed by atoms with Crippen molar-refractivity contribution in [1.29, 1.82) is 0 Å². The molecule has 7 atom stereocenters. The van der Waals surface area contributed by atoms with Crippen LogP contribution in [0.1, 0.15) is 370 Å². The monoisotopic (exact) mass is 1370 g/mol. The van der Waals surface area contributed by atoms with E-state index in [-0.39, 0.29) is 25.7 Å². The number of aliphatic hydroxyl groups is 1. The van der Waals surface area contributed by atoms with Gasteiger partial charge in [0.05, 0.1) is 26.4 Å². The van der Waals surface area contributed by atoms with E-state index in [1.54, 1.807) is 0 Å². The fourth-order valence-electron chi connectivity index (χ4n) is 11.1. The van der Waals surface area contributed by atoms with Gasteiger partial charge in [-0.2, -0.15) is 0 Å². The number of carbonyl (C=O) groups is 4. The van der Waals surface area contributed by atoms with Crippen LogP contribution in [0.3, 0.4) is 0 Å². The van der Waals surface area contributed by atoms with Gasteiger partial charge < -0.3 is 33.8 Å². The summed E-state index contributed by atoms with van der Waals surface area (Å²) >= 11 is 0. The summed E-state index contributed by atoms with van der Waals surface area (Å²) in [5.41, 5.74) is 0. The maximum Gasteiger partial charge on any atom is 0.472 e. The van der Waals surface area contributed by atoms with E-state index in [0.717, 1.165) is 120 Å². The van der Waals surface area contributed by atoms with Gasteiger partial charge in [0, 0.05) is 25.7 Å². The SMILES string of the molecule is CCC(C)CCCCCCCCCCCCCCCCC(=O)O[C@H](COC(=O)CCCCCCCCC(C)CC)COP(=O)(O)OC[C@H](O)COP(=O)(O)OC[C@@H](COC(=O)CCCCCCCCC(C)C)OC(=O)CCCCCCCCCCCCCCCC(C)C. The normalized spacial score (nSPS) is 14.8. The number of phosphoric acid groups is 2. The molecule has 19 heteroatoms. The second-order valence-electron chi connectivity index (χ2n) is 28.1. The molecule has 0 aromatic heterocycles. The van der Waals surface area contributed by atoms with Crippen LogP contribution in [0.5, 0.6) is 0 Å². The van der Waals surface area contributed by atoms with Crippen molar-refractivity contribution in [2.75, 3.05) is 39.6 Å². The number of hydrogen-bond donors (Lipinski definition) is 3. The molecule has 0 amide bonds. The van der Waals surface area contributed by atoms with Gasteiger partial charge in [0.2, 0.25) is 0 Å². The summed E-state index contributed by atoms with van der Waals surface area (Å²) in [7, 11) is -9.91. The summed E-state index contributed by atoms with van der Waals surface area (Å²) < 4.78 is 68.4. The van der Waals surface area contributed by atoms with Crippen LogP contribution in [-0.4, -0.2) is 96.7 Å². The highest BCUT2D eigenvalue weighted by Crippen LogP contribution is 2.45. The predicted molar refractivity (Wildman–Crippen MR) is 377 cm³/mol. The topological polar surface area (TPSA) is 237 Å². The quantitative estimate of drug-likeness (QED) is 0.0222. The molecular formula is C74H144O17P2. The molecule has 0 aliphatic carbocycles. The molecule has 3 N–H and O–H groups in total. The lowest BCUT2D eigenvalue weighted by Gasteiger charge is -2.21. The van der Waals surface area contributed by atoms with Gasteiger partial charge in [-0.15, -0.1) is 0 Å². The molecule has 4 unspecified atom stereocenters. The first-order valence-corrected chi connectivity index (χ1v) is 41.3. The molecule has 0 aromatic carbocycles. The minimum atomic E-state index is -4.96. The smallest absolute Gasteiger partial charge is 0.462 e. The number of aliphatic hydroxyl groups excluding tert-OH is 1. The molecule has 0 aliphatic heterocycles. The molecular weight excluding hydrogens is 1220 g/mol. The summed E-state index contributed by atoms with van der Waals surface area (Å²) in [6.07, 6.45) is 47.3. The lowest BCUT2D eigenvalue weighted by Crippen LogP contribution is -2.30. The van der Waals surface area contributed by atoms with Crippen LogP contribution in [0.4, 0.5) is 0 Å². The van der Waals surface area contributed by atoms with Gasteiger partial charge in [-0.25, -0.2) is 9.13 Å². The zero-order valence-electron chi connectivity index (χ0n) is 60.9. The first-order chi connectivity index (χ1) is 44.7. The number of carbonyl (C=O) groups excluding carboxylic acids is 4. The average molecular weight is 1370 g/mol. The largest absolute Gasteiger partial charge is 0.472 e. The van der Waals surface area contributed by atoms with Gasteiger partial charge in [-0.1, -0.05) is 319 Å². The number of ether oxygens (including phenoxy) is 4. The van der Waals surface area contributed by atoms with E-state index in [9.17, 15) is 43.2 Å². The number of rotatable bonds is 71. The van der Waals surface area contributed by atoms with Gasteiger partial charge in [0.15, 0.2) is 12.2 Å². The molecule has 0 fully saturated rings. The summed E-state index contributed by atoms with van der Waals surface area (Å²) in [5.74, 6) is 0.916. The summed E-state index contributed by atoms with van der Waals surface area (Å²) in [4.78, 5) is 72.7. The molecule has 552 valence electrons. The maximum atomic E-state index is 13.0. The van der Waals surface area contributed by atoms with E-state index < -0.39 is 97.5 Å². The Labute approximate surface area is 568 Å². The molecule has 0 saturated carbocycles. The highest BCUT2D eigenvalue weighted by molar-refractivity contribution is 7.47. The number of unbranched alkanes of at least 4 members (excludes halogenated alkanes) is 35. The first-order valence-electron chi connectivity index (χ1n) is 38.3. The highest BCUT2D eigenvalue weighted by Gasteiger charge is 2.30. The van der Waals surface area contributed by atoms with E-state index >= 15 is 0 Å². The fraction of sp³-hybridized carbons (Fsp3) is 0.946. The highest BCUT2D eigenvalue weighted by atomic mass is 31.2. The summed E-state index contributed by atoms with van der Waals surface area (Å²) in [5, 5.41) is 10.6. The maximum absolute atomic E-state index is 13.0. The Morgan fingerprint density at radius 1 is 0.301 bits per heavy atom. The second kappa shape index (κ2) is 63.5. The Morgan fingerprint density at radius 2 is 0.516 bits per heavy atom. The third kappa shape index (κ3) is 65.8. The van der Waals surface area contributed by atoms with Crippen molar-refractivity contribution < 1.29 is 80.2 Å². The van der Waals surface area contributed by atoms with Crippen LogP contribution >= 0.6 is 15.6 Å². The molecule has 0 bridgehead atoms. The van der Waals surface area contributed by atoms with Crippen molar-refractivity contribution in [2.45, 2.75) is 388 Å². The van der Waals surface area contributed by atoms with Crippen LogP contribution in [0, 0.1) is 23.7 Å². The van der Waals surface area contributed by atoms with Gasteiger partial charge in [0.25, 0.3) is 0 Å².